The van der Waals surface area contributed by atoms with Crippen molar-refractivity contribution in [1.29, 1.82) is 0 Å². The van der Waals surface area contributed by atoms with Gasteiger partial charge in [-0.15, -0.1) is 0 Å². The second kappa shape index (κ2) is 32.4. The highest BCUT2D eigenvalue weighted by molar-refractivity contribution is 4.35. The van der Waals surface area contributed by atoms with Crippen LogP contribution in [0, 0.1) is 0 Å². The highest BCUT2D eigenvalue weighted by Crippen LogP contribution is 2.00. The minimum atomic E-state index is 0. The average molecular weight is 164 g/mol. The van der Waals surface area contributed by atoms with E-state index in [9.17, 15) is 0 Å². The fourth-order valence-corrected chi connectivity index (χ4v) is 0.677. The lowest BCUT2D eigenvalue weighted by Gasteiger charge is -1.90. The lowest BCUT2D eigenvalue weighted by molar-refractivity contribution is 0.656. The third-order valence-corrected chi connectivity index (χ3v) is 1.21. The van der Waals surface area contributed by atoms with Crippen LogP contribution in [0.3, 0.4) is 0 Å². The van der Waals surface area contributed by atoms with Gasteiger partial charge in [-0.25, -0.2) is 0 Å². The van der Waals surface area contributed by atoms with E-state index in [1.54, 1.807) is 0 Å². The van der Waals surface area contributed by atoms with Gasteiger partial charge in [-0.05, 0) is 0 Å². The van der Waals surface area contributed by atoms with Crippen molar-refractivity contribution in [2.45, 2.75) is 75.7 Å². The summed E-state index contributed by atoms with van der Waals surface area (Å²) in [5.41, 5.74) is 0. The van der Waals surface area contributed by atoms with Crippen LogP contribution in [0.5, 0.6) is 0 Å². The molecule has 0 heteroatoms. The fourth-order valence-electron chi connectivity index (χ4n) is 0.677. The molecule has 0 fully saturated rings. The van der Waals surface area contributed by atoms with Gasteiger partial charge in [0.15, 0.2) is 0 Å². The molecular formula is C11H32. The summed E-state index contributed by atoms with van der Waals surface area (Å²) in [6, 6.07) is 0. The molecule has 76 valence electrons. The van der Waals surface area contributed by atoms with E-state index in [2.05, 4.69) is 13.8 Å². The lowest BCUT2D eigenvalue weighted by Crippen LogP contribution is -1.70. The molecule has 0 aromatic rings. The van der Waals surface area contributed by atoms with Gasteiger partial charge in [0, 0.05) is 0 Å². The van der Waals surface area contributed by atoms with Crippen LogP contribution >= 0.6 is 0 Å². The third-order valence-electron chi connectivity index (χ3n) is 1.21. The molecule has 0 saturated carbocycles. The Bertz CT molecular complexity index is 19.2. The summed E-state index contributed by atoms with van der Waals surface area (Å²) < 4.78 is 0. The first-order valence-electron chi connectivity index (χ1n) is 3.41. The molecule has 0 aromatic carbocycles. The zero-order valence-corrected chi connectivity index (χ0v) is 5.54. The first-order valence-corrected chi connectivity index (χ1v) is 3.41. The molecule has 0 aromatic heterocycles. The van der Waals surface area contributed by atoms with Crippen LogP contribution in [0.1, 0.15) is 75.7 Å². The van der Waals surface area contributed by atoms with Crippen LogP contribution in [0.15, 0.2) is 0 Å². The molecule has 0 spiro atoms. The number of unbranched alkanes of at least 4 members (excludes halogenated alkanes) is 4. The van der Waals surface area contributed by atoms with E-state index in [0.29, 0.717) is 0 Å². The number of hydrogen-bond donors (Lipinski definition) is 0. The summed E-state index contributed by atoms with van der Waals surface area (Å²) in [5, 5.41) is 0. The summed E-state index contributed by atoms with van der Waals surface area (Å²) in [6.45, 7) is 4.49. The summed E-state index contributed by atoms with van der Waals surface area (Å²) in [4.78, 5) is 0. The van der Waals surface area contributed by atoms with Gasteiger partial charge < -0.3 is 0 Å². The predicted octanol–water partition coefficient (Wildman–Crippen LogP) is 5.52. The molecule has 0 aliphatic heterocycles. The largest absolute Gasteiger partial charge is 0.0776 e. The Balaban J connectivity index is -0.0000000300. The standard InChI is InChI=1S/C7H16.4CH4/c1-3-5-7-6-4-2;;;;/h3-7H2,1-2H3;4*1H4. The van der Waals surface area contributed by atoms with Gasteiger partial charge in [-0.1, -0.05) is 75.7 Å². The van der Waals surface area contributed by atoms with Gasteiger partial charge >= 0.3 is 0 Å². The molecule has 0 aliphatic carbocycles. The smallest absolute Gasteiger partial charge is 0.0533 e. The topological polar surface area (TPSA) is 0 Å². The number of hydrogen-bond acceptors (Lipinski definition) is 0. The Labute approximate surface area is 76.4 Å². The van der Waals surface area contributed by atoms with E-state index in [4.69, 9.17) is 0 Å². The quantitative estimate of drug-likeness (QED) is 0.480. The van der Waals surface area contributed by atoms with Crippen LogP contribution in [0.2, 0.25) is 0 Å². The van der Waals surface area contributed by atoms with Crippen LogP contribution in [0.4, 0.5) is 0 Å². The second-order valence-corrected chi connectivity index (χ2v) is 2.06. The van der Waals surface area contributed by atoms with Crippen molar-refractivity contribution in [2.75, 3.05) is 0 Å². The number of rotatable bonds is 4. The Morgan fingerprint density at radius 2 is 0.818 bits per heavy atom. The first-order chi connectivity index (χ1) is 3.41. The molecule has 11 heavy (non-hydrogen) atoms. The lowest BCUT2D eigenvalue weighted by atomic mass is 10.2. The highest BCUT2D eigenvalue weighted by atomic mass is 13.9. The summed E-state index contributed by atoms with van der Waals surface area (Å²) in [6.07, 6.45) is 7.01. The minimum absolute atomic E-state index is 0. The van der Waals surface area contributed by atoms with Gasteiger partial charge in [-0.3, -0.25) is 0 Å². The van der Waals surface area contributed by atoms with Crippen LogP contribution in [-0.2, 0) is 0 Å². The van der Waals surface area contributed by atoms with Crippen molar-refractivity contribution in [2.24, 2.45) is 0 Å². The van der Waals surface area contributed by atoms with Crippen LogP contribution < -0.4 is 0 Å². The Kier molecular flexibility index (Phi) is 90.0. The molecule has 0 amide bonds. The SMILES string of the molecule is C.C.C.C.CCCCCCC. The van der Waals surface area contributed by atoms with E-state index < -0.39 is 0 Å². The van der Waals surface area contributed by atoms with E-state index >= 15 is 0 Å². The third kappa shape index (κ3) is 40.0. The monoisotopic (exact) mass is 164 g/mol. The summed E-state index contributed by atoms with van der Waals surface area (Å²) >= 11 is 0. The van der Waals surface area contributed by atoms with Gasteiger partial charge in [0.2, 0.25) is 0 Å². The molecule has 0 heterocycles. The molecule has 0 N–H and O–H groups in total. The van der Waals surface area contributed by atoms with Crippen molar-refractivity contribution >= 4 is 0 Å². The molecule has 0 atom stereocenters. The molecule has 0 rings (SSSR count). The Morgan fingerprint density at radius 1 is 0.545 bits per heavy atom. The van der Waals surface area contributed by atoms with Crippen molar-refractivity contribution in [3.05, 3.63) is 0 Å². The molecule has 0 saturated heterocycles. The van der Waals surface area contributed by atoms with Crippen LogP contribution in [-0.4, -0.2) is 0 Å². The predicted molar refractivity (Wildman–Crippen MR) is 61.4 cm³/mol. The average Bonchev–Trinajstić information content (AvgIpc) is 1.69. The molecule has 0 nitrogen and oxygen atoms in total. The summed E-state index contributed by atoms with van der Waals surface area (Å²) in [5.74, 6) is 0. The van der Waals surface area contributed by atoms with Gasteiger partial charge in [0.25, 0.3) is 0 Å². The maximum absolute atomic E-state index is 2.25. The van der Waals surface area contributed by atoms with Gasteiger partial charge in [0.1, 0.15) is 0 Å². The maximum Gasteiger partial charge on any atom is -0.0533 e. The van der Waals surface area contributed by atoms with Crippen molar-refractivity contribution in [3.63, 3.8) is 0 Å². The second-order valence-electron chi connectivity index (χ2n) is 2.06. The van der Waals surface area contributed by atoms with E-state index in [1.807, 2.05) is 0 Å². The van der Waals surface area contributed by atoms with Crippen molar-refractivity contribution in [3.8, 4) is 0 Å². The normalized spacial score (nSPS) is 6.00. The van der Waals surface area contributed by atoms with Gasteiger partial charge in [-0.2, -0.15) is 0 Å². The van der Waals surface area contributed by atoms with Gasteiger partial charge in [0.05, 0.1) is 0 Å². The molecule has 0 unspecified atom stereocenters. The Hall–Kier alpha value is 0. The van der Waals surface area contributed by atoms with E-state index in [0.717, 1.165) is 0 Å². The zero-order valence-electron chi connectivity index (χ0n) is 5.54. The van der Waals surface area contributed by atoms with Crippen molar-refractivity contribution in [1.82, 2.24) is 0 Å². The fraction of sp³-hybridized carbons (Fsp3) is 1.00. The minimum Gasteiger partial charge on any atom is -0.0776 e. The highest BCUT2D eigenvalue weighted by Gasteiger charge is 1.80. The molecule has 0 bridgehead atoms. The molecule has 0 radical (unpaired) electrons. The van der Waals surface area contributed by atoms with E-state index in [-0.39, 0.29) is 29.7 Å². The van der Waals surface area contributed by atoms with E-state index in [1.165, 1.54) is 32.1 Å². The molecule has 0 aliphatic rings. The molecular weight excluding hydrogens is 132 g/mol. The zero-order chi connectivity index (χ0) is 5.54. The maximum atomic E-state index is 2.25. The van der Waals surface area contributed by atoms with Crippen molar-refractivity contribution < 1.29 is 0 Å². The van der Waals surface area contributed by atoms with Crippen LogP contribution in [0.25, 0.3) is 0 Å². The first kappa shape index (κ1) is 30.6. The summed E-state index contributed by atoms with van der Waals surface area (Å²) in [7, 11) is 0. The Morgan fingerprint density at radius 3 is 1.00 bits per heavy atom.